The van der Waals surface area contributed by atoms with Gasteiger partial charge < -0.3 is 0 Å². The first-order chi connectivity index (χ1) is 7.90. The summed E-state index contributed by atoms with van der Waals surface area (Å²) >= 11 is 0. The second-order valence-corrected chi connectivity index (χ2v) is 3.68. The first-order valence-corrected chi connectivity index (χ1v) is 5.32. The summed E-state index contributed by atoms with van der Waals surface area (Å²) < 4.78 is 0. The lowest BCUT2D eigenvalue weighted by atomic mass is 10.0. The largest absolute Gasteiger partial charge is 0.298 e. The van der Waals surface area contributed by atoms with Crippen molar-refractivity contribution < 1.29 is 4.79 Å². The first-order valence-electron chi connectivity index (χ1n) is 5.32. The van der Waals surface area contributed by atoms with Crippen molar-refractivity contribution >= 4 is 6.29 Å². The van der Waals surface area contributed by atoms with Crippen molar-refractivity contribution in [3.05, 3.63) is 65.5 Å². The Kier molecular flexibility index (Phi) is 3.44. The van der Waals surface area contributed by atoms with Crippen LogP contribution in [0.3, 0.4) is 0 Å². The maximum atomic E-state index is 10.8. The molecular weight excluding hydrogens is 198 g/mol. The van der Waals surface area contributed by atoms with Gasteiger partial charge in [-0.1, -0.05) is 30.3 Å². The summed E-state index contributed by atoms with van der Waals surface area (Å²) in [6.45, 7) is 0. The SMILES string of the molecule is O=Cc1cnccc1CCc1ccccc1. The molecule has 0 spiro atoms. The monoisotopic (exact) mass is 211 g/mol. The number of carbonyl (C=O) groups is 1. The smallest absolute Gasteiger partial charge is 0.151 e. The summed E-state index contributed by atoms with van der Waals surface area (Å²) in [5, 5.41) is 0. The van der Waals surface area contributed by atoms with E-state index in [1.807, 2.05) is 24.3 Å². The molecule has 0 saturated carbocycles. The van der Waals surface area contributed by atoms with Crippen LogP contribution in [0.25, 0.3) is 0 Å². The van der Waals surface area contributed by atoms with Crippen molar-refractivity contribution in [2.24, 2.45) is 0 Å². The average molecular weight is 211 g/mol. The van der Waals surface area contributed by atoms with E-state index in [4.69, 9.17) is 0 Å². The molecule has 1 heterocycles. The van der Waals surface area contributed by atoms with Crippen LogP contribution in [0, 0.1) is 0 Å². The van der Waals surface area contributed by atoms with Gasteiger partial charge in [-0.2, -0.15) is 0 Å². The first kappa shape index (κ1) is 10.6. The average Bonchev–Trinajstić information content (AvgIpc) is 2.38. The predicted molar refractivity (Wildman–Crippen MR) is 63.5 cm³/mol. The van der Waals surface area contributed by atoms with E-state index in [0.717, 1.165) is 24.7 Å². The van der Waals surface area contributed by atoms with E-state index in [2.05, 4.69) is 17.1 Å². The topological polar surface area (TPSA) is 30.0 Å². The molecule has 0 unspecified atom stereocenters. The van der Waals surface area contributed by atoms with Crippen molar-refractivity contribution in [2.75, 3.05) is 0 Å². The number of nitrogens with zero attached hydrogens (tertiary/aromatic N) is 1. The fourth-order valence-electron chi connectivity index (χ4n) is 1.69. The maximum Gasteiger partial charge on any atom is 0.151 e. The van der Waals surface area contributed by atoms with Gasteiger partial charge in [0, 0.05) is 18.0 Å². The molecule has 0 aliphatic heterocycles. The molecule has 0 amide bonds. The third-order valence-corrected chi connectivity index (χ3v) is 2.60. The molecule has 0 saturated heterocycles. The van der Waals surface area contributed by atoms with Crippen LogP contribution in [0.5, 0.6) is 0 Å². The third kappa shape index (κ3) is 2.54. The summed E-state index contributed by atoms with van der Waals surface area (Å²) in [7, 11) is 0. The van der Waals surface area contributed by atoms with Crippen LogP contribution in [0.4, 0.5) is 0 Å². The summed E-state index contributed by atoms with van der Waals surface area (Å²) in [4.78, 5) is 14.7. The molecule has 0 N–H and O–H groups in total. The molecule has 2 rings (SSSR count). The lowest BCUT2D eigenvalue weighted by Crippen LogP contribution is -1.96. The highest BCUT2D eigenvalue weighted by atomic mass is 16.1. The van der Waals surface area contributed by atoms with Crippen molar-refractivity contribution in [1.29, 1.82) is 0 Å². The minimum Gasteiger partial charge on any atom is -0.298 e. The van der Waals surface area contributed by atoms with Crippen molar-refractivity contribution in [3.8, 4) is 0 Å². The molecule has 0 radical (unpaired) electrons. The van der Waals surface area contributed by atoms with Gasteiger partial charge >= 0.3 is 0 Å². The van der Waals surface area contributed by atoms with Gasteiger partial charge in [0.25, 0.3) is 0 Å². The minimum absolute atomic E-state index is 0.693. The highest BCUT2D eigenvalue weighted by Crippen LogP contribution is 2.09. The van der Waals surface area contributed by atoms with Crippen LogP contribution in [-0.4, -0.2) is 11.3 Å². The summed E-state index contributed by atoms with van der Waals surface area (Å²) in [5.74, 6) is 0. The molecule has 2 aromatic rings. The Balaban J connectivity index is 2.08. The van der Waals surface area contributed by atoms with Gasteiger partial charge in [-0.15, -0.1) is 0 Å². The van der Waals surface area contributed by atoms with E-state index in [1.54, 1.807) is 12.4 Å². The van der Waals surface area contributed by atoms with Crippen molar-refractivity contribution in [1.82, 2.24) is 4.98 Å². The molecule has 0 fully saturated rings. The molecule has 0 aliphatic carbocycles. The molecule has 2 nitrogen and oxygen atoms in total. The van der Waals surface area contributed by atoms with Crippen molar-refractivity contribution in [2.45, 2.75) is 12.8 Å². The zero-order chi connectivity index (χ0) is 11.2. The minimum atomic E-state index is 0.693. The Morgan fingerprint density at radius 1 is 1.06 bits per heavy atom. The zero-order valence-electron chi connectivity index (χ0n) is 8.97. The van der Waals surface area contributed by atoms with Gasteiger partial charge in [-0.3, -0.25) is 9.78 Å². The van der Waals surface area contributed by atoms with E-state index in [1.165, 1.54) is 5.56 Å². The van der Waals surface area contributed by atoms with Crippen molar-refractivity contribution in [3.63, 3.8) is 0 Å². The lowest BCUT2D eigenvalue weighted by Gasteiger charge is -2.03. The molecular formula is C14H13NO. The number of aromatic nitrogens is 1. The van der Waals surface area contributed by atoms with Gasteiger partial charge in [0.2, 0.25) is 0 Å². The number of aldehydes is 1. The normalized spacial score (nSPS) is 10.0. The fourth-order valence-corrected chi connectivity index (χ4v) is 1.69. The number of carbonyl (C=O) groups excluding carboxylic acids is 1. The third-order valence-electron chi connectivity index (χ3n) is 2.60. The Morgan fingerprint density at radius 2 is 1.88 bits per heavy atom. The molecule has 2 heteroatoms. The van der Waals surface area contributed by atoms with Gasteiger partial charge in [-0.25, -0.2) is 0 Å². The van der Waals surface area contributed by atoms with Gasteiger partial charge in [0.15, 0.2) is 6.29 Å². The number of pyridine rings is 1. The van der Waals surface area contributed by atoms with Crippen LogP contribution in [0.2, 0.25) is 0 Å². The van der Waals surface area contributed by atoms with E-state index in [9.17, 15) is 4.79 Å². The van der Waals surface area contributed by atoms with Crippen LogP contribution in [0.15, 0.2) is 48.8 Å². The number of hydrogen-bond acceptors (Lipinski definition) is 2. The maximum absolute atomic E-state index is 10.8. The van der Waals surface area contributed by atoms with E-state index < -0.39 is 0 Å². The van der Waals surface area contributed by atoms with Crippen LogP contribution < -0.4 is 0 Å². The number of rotatable bonds is 4. The molecule has 1 aromatic carbocycles. The summed E-state index contributed by atoms with van der Waals surface area (Å²) in [6, 6.07) is 12.2. The van der Waals surface area contributed by atoms with Gasteiger partial charge in [0.1, 0.15) is 0 Å². The number of hydrogen-bond donors (Lipinski definition) is 0. The number of benzene rings is 1. The molecule has 1 aromatic heterocycles. The second kappa shape index (κ2) is 5.21. The summed E-state index contributed by atoms with van der Waals surface area (Å²) in [6.07, 6.45) is 6.04. The molecule has 16 heavy (non-hydrogen) atoms. The van der Waals surface area contributed by atoms with Crippen LogP contribution in [0.1, 0.15) is 21.5 Å². The molecule has 0 atom stereocenters. The van der Waals surface area contributed by atoms with Gasteiger partial charge in [0.05, 0.1) is 0 Å². The van der Waals surface area contributed by atoms with E-state index >= 15 is 0 Å². The van der Waals surface area contributed by atoms with Crippen LogP contribution >= 0.6 is 0 Å². The summed E-state index contributed by atoms with van der Waals surface area (Å²) in [5.41, 5.74) is 3.04. The Morgan fingerprint density at radius 3 is 2.62 bits per heavy atom. The fraction of sp³-hybridized carbons (Fsp3) is 0.143. The molecule has 0 bridgehead atoms. The second-order valence-electron chi connectivity index (χ2n) is 3.68. The van der Waals surface area contributed by atoms with Gasteiger partial charge in [-0.05, 0) is 30.0 Å². The Bertz CT molecular complexity index is 465. The van der Waals surface area contributed by atoms with Crippen LogP contribution in [-0.2, 0) is 12.8 Å². The van der Waals surface area contributed by atoms with E-state index in [-0.39, 0.29) is 0 Å². The highest BCUT2D eigenvalue weighted by molar-refractivity contribution is 5.76. The Hall–Kier alpha value is -1.96. The predicted octanol–water partition coefficient (Wildman–Crippen LogP) is 2.68. The standard InChI is InChI=1S/C14H13NO/c16-11-14-10-15-9-8-13(14)7-6-12-4-2-1-3-5-12/h1-5,8-11H,6-7H2. The van der Waals surface area contributed by atoms with E-state index in [0.29, 0.717) is 5.56 Å². The zero-order valence-corrected chi connectivity index (χ0v) is 8.97. The molecule has 80 valence electrons. The highest BCUT2D eigenvalue weighted by Gasteiger charge is 2.01. The molecule has 0 aliphatic rings. The quantitative estimate of drug-likeness (QED) is 0.728. The lowest BCUT2D eigenvalue weighted by molar-refractivity contribution is 0.112. The number of aryl methyl sites for hydroxylation is 2. The Labute approximate surface area is 95.0 Å².